The molecule has 33 heavy (non-hydrogen) atoms. The first kappa shape index (κ1) is 22.0. The van der Waals surface area contributed by atoms with Crippen LogP contribution in [0.2, 0.25) is 0 Å². The van der Waals surface area contributed by atoms with Gasteiger partial charge in [-0.05, 0) is 61.9 Å². The Morgan fingerprint density at radius 1 is 1.21 bits per heavy atom. The quantitative estimate of drug-likeness (QED) is 0.407. The molecule has 0 radical (unpaired) electrons. The van der Waals surface area contributed by atoms with E-state index in [0.29, 0.717) is 53.3 Å². The number of fused-ring (bicyclic) bond motifs is 1. The fourth-order valence-electron chi connectivity index (χ4n) is 3.47. The zero-order valence-corrected chi connectivity index (χ0v) is 18.6. The van der Waals surface area contributed by atoms with Crippen molar-refractivity contribution in [1.82, 2.24) is 24.8 Å². The van der Waals surface area contributed by atoms with E-state index in [2.05, 4.69) is 26.8 Å². The number of hydrogen-bond acceptors (Lipinski definition) is 5. The van der Waals surface area contributed by atoms with Gasteiger partial charge >= 0.3 is 0 Å². The number of ether oxygens (including phenoxy) is 1. The topological polar surface area (TPSA) is 102 Å². The Balaban J connectivity index is 1.55. The maximum absolute atomic E-state index is 13.3. The Morgan fingerprint density at radius 2 is 2.00 bits per heavy atom. The van der Waals surface area contributed by atoms with E-state index in [1.54, 1.807) is 61.9 Å². The van der Waals surface area contributed by atoms with E-state index in [-0.39, 0.29) is 11.5 Å². The third kappa shape index (κ3) is 5.01. The molecule has 0 aliphatic heterocycles. The molecule has 4 aromatic rings. The van der Waals surface area contributed by atoms with Crippen molar-refractivity contribution in [3.05, 3.63) is 94.6 Å². The highest BCUT2D eigenvalue weighted by atomic mass is 16.5. The molecule has 4 rings (SSSR count). The molecule has 0 aliphatic carbocycles. The van der Waals surface area contributed by atoms with E-state index in [1.165, 1.54) is 4.57 Å². The Morgan fingerprint density at radius 3 is 2.70 bits per heavy atom. The zero-order valence-electron chi connectivity index (χ0n) is 18.6. The summed E-state index contributed by atoms with van der Waals surface area (Å²) in [4.78, 5) is 37.2. The normalized spacial score (nSPS) is 10.8. The summed E-state index contributed by atoms with van der Waals surface area (Å²) in [5.41, 5.74) is 3.39. The predicted octanol–water partition coefficient (Wildman–Crippen LogP) is 3.34. The van der Waals surface area contributed by atoms with E-state index >= 15 is 0 Å². The van der Waals surface area contributed by atoms with Gasteiger partial charge in [0.15, 0.2) is 0 Å². The van der Waals surface area contributed by atoms with Gasteiger partial charge in [0.1, 0.15) is 18.2 Å². The van der Waals surface area contributed by atoms with Crippen LogP contribution in [0.25, 0.3) is 16.6 Å². The summed E-state index contributed by atoms with van der Waals surface area (Å²) in [5.74, 6) is 0.961. The van der Waals surface area contributed by atoms with Gasteiger partial charge < -0.3 is 15.0 Å². The van der Waals surface area contributed by atoms with Crippen molar-refractivity contribution in [2.75, 3.05) is 13.2 Å². The number of aryl methyl sites for hydroxylation is 1. The smallest absolute Gasteiger partial charge is 0.266 e. The zero-order chi connectivity index (χ0) is 23.4. The fraction of sp³-hybridized carbons (Fsp3) is 0.200. The van der Waals surface area contributed by atoms with Crippen LogP contribution < -0.4 is 15.6 Å². The molecule has 2 aromatic heterocycles. The number of amides is 1. The van der Waals surface area contributed by atoms with Gasteiger partial charge in [0.2, 0.25) is 0 Å². The summed E-state index contributed by atoms with van der Waals surface area (Å²) in [6, 6.07) is 12.2. The molecule has 0 saturated carbocycles. The molecule has 0 atom stereocenters. The van der Waals surface area contributed by atoms with Crippen LogP contribution in [-0.2, 0) is 6.42 Å². The van der Waals surface area contributed by atoms with Crippen LogP contribution in [0.15, 0.2) is 71.9 Å². The van der Waals surface area contributed by atoms with Gasteiger partial charge in [0, 0.05) is 30.4 Å². The van der Waals surface area contributed by atoms with Crippen LogP contribution in [0.3, 0.4) is 0 Å². The third-order valence-electron chi connectivity index (χ3n) is 5.12. The van der Waals surface area contributed by atoms with Gasteiger partial charge in [0.25, 0.3) is 11.5 Å². The number of imidazole rings is 1. The van der Waals surface area contributed by atoms with E-state index in [4.69, 9.17) is 4.74 Å². The monoisotopic (exact) mass is 443 g/mol. The molecule has 0 unspecified atom stereocenters. The summed E-state index contributed by atoms with van der Waals surface area (Å²) < 4.78 is 7.21. The van der Waals surface area contributed by atoms with E-state index < -0.39 is 0 Å². The van der Waals surface area contributed by atoms with Crippen molar-refractivity contribution < 1.29 is 9.53 Å². The second kappa shape index (κ2) is 9.52. The van der Waals surface area contributed by atoms with Crippen LogP contribution in [0.1, 0.15) is 28.8 Å². The lowest BCUT2D eigenvalue weighted by atomic mass is 10.1. The lowest BCUT2D eigenvalue weighted by Crippen LogP contribution is -2.26. The minimum absolute atomic E-state index is 0.180. The molecule has 1 amide bonds. The Labute approximate surface area is 191 Å². The average Bonchev–Trinajstić information content (AvgIpc) is 3.32. The second-order valence-electron chi connectivity index (χ2n) is 7.85. The largest absolute Gasteiger partial charge is 0.489 e. The maximum Gasteiger partial charge on any atom is 0.266 e. The molecule has 2 N–H and O–H groups in total. The number of H-pyrrole nitrogens is 1. The average molecular weight is 444 g/mol. The minimum atomic E-state index is -0.199. The van der Waals surface area contributed by atoms with Gasteiger partial charge in [-0.15, -0.1) is 0 Å². The number of aromatic nitrogens is 4. The summed E-state index contributed by atoms with van der Waals surface area (Å²) in [6.07, 6.45) is 4.00. The first-order valence-corrected chi connectivity index (χ1v) is 10.6. The SMILES string of the molecule is C=C(C)COc1ccc2nc(C)n(-c3ccc(C(=O)NCCc4cnc[nH]4)cc3)c(=O)c2c1. The van der Waals surface area contributed by atoms with Gasteiger partial charge in [-0.1, -0.05) is 6.58 Å². The molecule has 2 heterocycles. The third-order valence-corrected chi connectivity index (χ3v) is 5.12. The number of nitrogens with zero attached hydrogens (tertiary/aromatic N) is 3. The maximum atomic E-state index is 13.3. The standard InChI is InChI=1S/C25H25N5O3/c1-16(2)14-33-21-8-9-23-22(12-21)25(32)30(17(3)29-23)20-6-4-18(5-7-20)24(31)27-11-10-19-13-26-15-28-19/h4-9,12-13,15H,1,10-11,14H2,2-3H3,(H,26,28)(H,27,31). The van der Waals surface area contributed by atoms with E-state index in [1.807, 2.05) is 6.92 Å². The first-order chi connectivity index (χ1) is 15.9. The molecular weight excluding hydrogens is 418 g/mol. The molecular formula is C25H25N5O3. The first-order valence-electron chi connectivity index (χ1n) is 10.6. The number of nitrogens with one attached hydrogen (secondary N) is 2. The molecule has 0 aliphatic rings. The highest BCUT2D eigenvalue weighted by Crippen LogP contribution is 2.19. The summed E-state index contributed by atoms with van der Waals surface area (Å²) in [7, 11) is 0. The number of carbonyl (C=O) groups is 1. The van der Waals surface area contributed by atoms with Crippen molar-refractivity contribution >= 4 is 16.8 Å². The van der Waals surface area contributed by atoms with Crippen molar-refractivity contribution in [3.63, 3.8) is 0 Å². The molecule has 168 valence electrons. The van der Waals surface area contributed by atoms with Gasteiger partial charge in [-0.3, -0.25) is 14.2 Å². The van der Waals surface area contributed by atoms with E-state index in [9.17, 15) is 9.59 Å². The molecule has 8 nitrogen and oxygen atoms in total. The van der Waals surface area contributed by atoms with Crippen LogP contribution in [0.5, 0.6) is 5.75 Å². The molecule has 0 fully saturated rings. The van der Waals surface area contributed by atoms with Crippen LogP contribution in [0.4, 0.5) is 0 Å². The van der Waals surface area contributed by atoms with Crippen LogP contribution >= 0.6 is 0 Å². The van der Waals surface area contributed by atoms with Crippen molar-refractivity contribution in [2.45, 2.75) is 20.3 Å². The fourth-order valence-corrected chi connectivity index (χ4v) is 3.47. The second-order valence-corrected chi connectivity index (χ2v) is 7.85. The minimum Gasteiger partial charge on any atom is -0.489 e. The summed E-state index contributed by atoms with van der Waals surface area (Å²) in [6.45, 7) is 8.36. The summed E-state index contributed by atoms with van der Waals surface area (Å²) in [5, 5.41) is 3.34. The summed E-state index contributed by atoms with van der Waals surface area (Å²) >= 11 is 0. The lowest BCUT2D eigenvalue weighted by Gasteiger charge is -2.13. The number of carbonyl (C=O) groups excluding carboxylic acids is 1. The molecule has 0 saturated heterocycles. The van der Waals surface area contributed by atoms with Crippen molar-refractivity contribution in [1.29, 1.82) is 0 Å². The predicted molar refractivity (Wildman–Crippen MR) is 127 cm³/mol. The van der Waals surface area contributed by atoms with E-state index in [0.717, 1.165) is 11.3 Å². The number of aromatic amines is 1. The number of benzene rings is 2. The van der Waals surface area contributed by atoms with Crippen LogP contribution in [-0.4, -0.2) is 38.6 Å². The Hall–Kier alpha value is -4.20. The Kier molecular flexibility index (Phi) is 6.35. The molecule has 8 heteroatoms. The van der Waals surface area contributed by atoms with Crippen molar-refractivity contribution in [2.24, 2.45) is 0 Å². The molecule has 2 aromatic carbocycles. The van der Waals surface area contributed by atoms with Crippen LogP contribution in [0, 0.1) is 6.92 Å². The van der Waals surface area contributed by atoms with Gasteiger partial charge in [-0.2, -0.15) is 0 Å². The number of rotatable bonds is 8. The van der Waals surface area contributed by atoms with Gasteiger partial charge in [-0.25, -0.2) is 9.97 Å². The molecule has 0 bridgehead atoms. The molecule has 0 spiro atoms. The lowest BCUT2D eigenvalue weighted by molar-refractivity contribution is 0.0954. The highest BCUT2D eigenvalue weighted by molar-refractivity contribution is 5.94. The van der Waals surface area contributed by atoms with Crippen molar-refractivity contribution in [3.8, 4) is 11.4 Å². The number of hydrogen-bond donors (Lipinski definition) is 2. The van der Waals surface area contributed by atoms with Gasteiger partial charge in [0.05, 0.1) is 22.9 Å². The highest BCUT2D eigenvalue weighted by Gasteiger charge is 2.12. The Bertz CT molecular complexity index is 1360.